The van der Waals surface area contributed by atoms with E-state index in [1.165, 1.54) is 128 Å². The van der Waals surface area contributed by atoms with Crippen molar-refractivity contribution in [2.24, 2.45) is 39.9 Å². The SMILES string of the molecule is CCCCCC(CCCCC)CCCCCOC(=O)CCC12CC3CC(CCC(=O)OCCCN(C)C)(C1)CC(C(C)C(=O)OCCCCCC(CCCCC)CCCCC)(C3)C2. The molecular weight excluding hydrogens is 783 g/mol. The zero-order valence-electron chi connectivity index (χ0n) is 42.8. The van der Waals surface area contributed by atoms with E-state index in [0.717, 1.165) is 102 Å². The Morgan fingerprint density at radius 2 is 0.905 bits per heavy atom. The van der Waals surface area contributed by atoms with Crippen LogP contribution in [-0.2, 0) is 28.6 Å². The molecule has 5 unspecified atom stereocenters. The minimum atomic E-state index is -0.191. The summed E-state index contributed by atoms with van der Waals surface area (Å²) in [5.41, 5.74) is -0.153. The van der Waals surface area contributed by atoms with Gasteiger partial charge in [-0.15, -0.1) is 0 Å². The fourth-order valence-electron chi connectivity index (χ4n) is 13.2. The lowest BCUT2D eigenvalue weighted by molar-refractivity contribution is -0.197. The monoisotopic (exact) mass is 886 g/mol. The van der Waals surface area contributed by atoms with Crippen LogP contribution in [0.25, 0.3) is 0 Å². The average molecular weight is 886 g/mol. The maximum absolute atomic E-state index is 14.0. The van der Waals surface area contributed by atoms with Gasteiger partial charge >= 0.3 is 17.9 Å². The van der Waals surface area contributed by atoms with Gasteiger partial charge in [-0.3, -0.25) is 14.4 Å². The van der Waals surface area contributed by atoms with Gasteiger partial charge in [-0.05, 0) is 119 Å². The molecular formula is C56H103NO6. The number of nitrogens with zero attached hydrogens (tertiary/aromatic N) is 1. The molecule has 4 fully saturated rings. The Balaban J connectivity index is 1.55. The highest BCUT2D eigenvalue weighted by molar-refractivity contribution is 5.73. The van der Waals surface area contributed by atoms with Crippen molar-refractivity contribution >= 4 is 17.9 Å². The third-order valence-electron chi connectivity index (χ3n) is 16.2. The molecule has 368 valence electrons. The van der Waals surface area contributed by atoms with E-state index >= 15 is 0 Å². The molecule has 0 saturated heterocycles. The summed E-state index contributed by atoms with van der Waals surface area (Å²) in [6, 6.07) is 0. The van der Waals surface area contributed by atoms with E-state index in [1.54, 1.807) is 0 Å². The van der Waals surface area contributed by atoms with Crippen molar-refractivity contribution in [1.82, 2.24) is 4.90 Å². The summed E-state index contributed by atoms with van der Waals surface area (Å²) >= 11 is 0. The molecule has 4 aliphatic carbocycles. The summed E-state index contributed by atoms with van der Waals surface area (Å²) in [6.45, 7) is 13.7. The first-order chi connectivity index (χ1) is 30.4. The molecule has 0 radical (unpaired) electrons. The summed E-state index contributed by atoms with van der Waals surface area (Å²) in [4.78, 5) is 42.5. The van der Waals surface area contributed by atoms with Gasteiger partial charge in [0.05, 0.1) is 25.7 Å². The van der Waals surface area contributed by atoms with E-state index < -0.39 is 0 Å². The van der Waals surface area contributed by atoms with Crippen LogP contribution in [0.1, 0.15) is 259 Å². The van der Waals surface area contributed by atoms with Gasteiger partial charge in [0.15, 0.2) is 0 Å². The quantitative estimate of drug-likeness (QED) is 0.0344. The van der Waals surface area contributed by atoms with Crippen LogP contribution in [0.15, 0.2) is 0 Å². The van der Waals surface area contributed by atoms with Gasteiger partial charge in [0.1, 0.15) is 0 Å². The Kier molecular flexibility index (Phi) is 27.7. The predicted octanol–water partition coefficient (Wildman–Crippen LogP) is 15.4. The molecule has 0 aliphatic heterocycles. The summed E-state index contributed by atoms with van der Waals surface area (Å²) in [6.07, 6.45) is 40.3. The summed E-state index contributed by atoms with van der Waals surface area (Å²) in [5.74, 6) is 1.83. The Hall–Kier alpha value is -1.63. The number of ether oxygens (including phenoxy) is 3. The molecule has 0 heterocycles. The van der Waals surface area contributed by atoms with Gasteiger partial charge in [-0.25, -0.2) is 0 Å². The minimum Gasteiger partial charge on any atom is -0.466 e. The lowest BCUT2D eigenvalue weighted by Crippen LogP contribution is -2.59. The van der Waals surface area contributed by atoms with E-state index in [9.17, 15) is 14.4 Å². The Morgan fingerprint density at radius 1 is 0.508 bits per heavy atom. The maximum atomic E-state index is 14.0. The average Bonchev–Trinajstić information content (AvgIpc) is 3.25. The summed E-state index contributed by atoms with van der Waals surface area (Å²) in [5, 5.41) is 0. The van der Waals surface area contributed by atoms with Gasteiger partial charge in [0.2, 0.25) is 0 Å². The van der Waals surface area contributed by atoms with Crippen molar-refractivity contribution in [2.75, 3.05) is 40.5 Å². The first-order valence-corrected chi connectivity index (χ1v) is 27.6. The summed E-state index contributed by atoms with van der Waals surface area (Å²) < 4.78 is 17.7. The molecule has 4 aliphatic rings. The number of hydrogen-bond donors (Lipinski definition) is 0. The van der Waals surface area contributed by atoms with Crippen molar-refractivity contribution in [3.8, 4) is 0 Å². The van der Waals surface area contributed by atoms with Crippen molar-refractivity contribution in [3.05, 3.63) is 0 Å². The van der Waals surface area contributed by atoms with Gasteiger partial charge < -0.3 is 19.1 Å². The van der Waals surface area contributed by atoms with E-state index in [2.05, 4.69) is 39.5 Å². The molecule has 63 heavy (non-hydrogen) atoms. The van der Waals surface area contributed by atoms with Crippen LogP contribution in [-0.4, -0.2) is 63.3 Å². The van der Waals surface area contributed by atoms with Crippen molar-refractivity contribution < 1.29 is 28.6 Å². The fourth-order valence-corrected chi connectivity index (χ4v) is 13.2. The zero-order chi connectivity index (χ0) is 45.8. The first-order valence-electron chi connectivity index (χ1n) is 27.6. The third-order valence-corrected chi connectivity index (χ3v) is 16.2. The van der Waals surface area contributed by atoms with Crippen molar-refractivity contribution in [3.63, 3.8) is 0 Å². The Bertz CT molecular complexity index is 1220. The lowest BCUT2D eigenvalue weighted by atomic mass is 9.36. The van der Waals surface area contributed by atoms with Crippen LogP contribution >= 0.6 is 0 Å². The molecule has 4 bridgehead atoms. The molecule has 0 aromatic rings. The second kappa shape index (κ2) is 31.4. The van der Waals surface area contributed by atoms with Crippen molar-refractivity contribution in [2.45, 2.75) is 259 Å². The predicted molar refractivity (Wildman–Crippen MR) is 263 cm³/mol. The van der Waals surface area contributed by atoms with Crippen LogP contribution in [0.3, 0.4) is 0 Å². The normalized spacial score (nSPS) is 23.2. The minimum absolute atomic E-state index is 0.00203. The van der Waals surface area contributed by atoms with E-state index in [-0.39, 0.29) is 40.1 Å². The molecule has 0 N–H and O–H groups in total. The first kappa shape index (κ1) is 55.7. The third kappa shape index (κ3) is 21.3. The second-order valence-corrected chi connectivity index (χ2v) is 22.3. The van der Waals surface area contributed by atoms with Gasteiger partial charge in [0, 0.05) is 19.4 Å². The van der Waals surface area contributed by atoms with E-state index in [1.807, 2.05) is 14.1 Å². The van der Waals surface area contributed by atoms with Crippen molar-refractivity contribution in [1.29, 1.82) is 0 Å². The van der Waals surface area contributed by atoms with Crippen LogP contribution in [0.4, 0.5) is 0 Å². The van der Waals surface area contributed by atoms with Crippen LogP contribution in [0.5, 0.6) is 0 Å². The lowest BCUT2D eigenvalue weighted by Gasteiger charge is -2.68. The smallest absolute Gasteiger partial charge is 0.309 e. The number of carbonyl (C=O) groups is 3. The number of esters is 3. The Morgan fingerprint density at radius 3 is 1.32 bits per heavy atom. The van der Waals surface area contributed by atoms with E-state index in [4.69, 9.17) is 14.2 Å². The highest BCUT2D eigenvalue weighted by atomic mass is 16.5. The van der Waals surface area contributed by atoms with Gasteiger partial charge in [0.25, 0.3) is 0 Å². The zero-order valence-corrected chi connectivity index (χ0v) is 42.8. The number of unbranched alkanes of at least 4 members (excludes halogenated alkanes) is 12. The molecule has 7 heteroatoms. The molecule has 5 atom stereocenters. The van der Waals surface area contributed by atoms with Gasteiger partial charge in [-0.2, -0.15) is 0 Å². The molecule has 7 nitrogen and oxygen atoms in total. The molecule has 4 rings (SSSR count). The van der Waals surface area contributed by atoms with Crippen LogP contribution in [0.2, 0.25) is 0 Å². The number of rotatable bonds is 40. The van der Waals surface area contributed by atoms with Gasteiger partial charge in [-0.1, -0.05) is 176 Å². The number of hydrogen-bond acceptors (Lipinski definition) is 7. The highest BCUT2D eigenvalue weighted by Gasteiger charge is 2.65. The van der Waals surface area contributed by atoms with Crippen LogP contribution in [0, 0.1) is 39.9 Å². The highest BCUT2D eigenvalue weighted by Crippen LogP contribution is 2.73. The number of carbonyl (C=O) groups excluding carboxylic acids is 3. The largest absolute Gasteiger partial charge is 0.466 e. The molecule has 0 aromatic carbocycles. The summed E-state index contributed by atoms with van der Waals surface area (Å²) in [7, 11) is 4.08. The topological polar surface area (TPSA) is 82.1 Å². The second-order valence-electron chi connectivity index (χ2n) is 22.3. The molecule has 0 spiro atoms. The fraction of sp³-hybridized carbons (Fsp3) is 0.946. The molecule has 0 amide bonds. The molecule has 0 aromatic heterocycles. The van der Waals surface area contributed by atoms with E-state index in [0.29, 0.717) is 38.6 Å². The maximum Gasteiger partial charge on any atom is 0.309 e. The molecule has 4 saturated carbocycles. The standard InChI is InChI=1S/C56H103NO6/c1-8-12-18-27-48(28-19-13-9-2)31-22-16-24-38-61-51(58)33-35-54-41-50-42-55(44-54,36-34-52(59)62-40-26-37-57(6)7)46-56(43-50,45-54)47(5)53(60)63-39-25-17-23-32-49(29-20-14-10-3)30-21-15-11-4/h47-50H,8-46H2,1-7H3. The Labute approximate surface area is 389 Å². The van der Waals surface area contributed by atoms with Crippen LogP contribution < -0.4 is 0 Å².